The molecular weight excluding hydrogens is 258 g/mol. The van der Waals surface area contributed by atoms with E-state index >= 15 is 0 Å². The van der Waals surface area contributed by atoms with Gasteiger partial charge < -0.3 is 5.32 Å². The van der Waals surface area contributed by atoms with Gasteiger partial charge in [0, 0.05) is 6.20 Å². The quantitative estimate of drug-likeness (QED) is 0.918. The van der Waals surface area contributed by atoms with E-state index in [1.165, 1.54) is 44.2 Å². The normalized spacial score (nSPS) is 22.9. The molecule has 0 saturated carbocycles. The summed E-state index contributed by atoms with van der Waals surface area (Å²) in [5, 5.41) is 8.44. The summed E-state index contributed by atoms with van der Waals surface area (Å²) in [5.74, 6) is 0. The van der Waals surface area contributed by atoms with Crippen molar-refractivity contribution in [3.63, 3.8) is 0 Å². The number of nitrogens with zero attached hydrogens (tertiary/aromatic N) is 2. The molecule has 0 bridgehead atoms. The number of hydrogen-bond acceptors (Lipinski definition) is 2. The standard InChI is InChI=1S/C18H25N3/c1-2-12-18(13-7-4-8-14-19-18)17-11-15-20-21(17)16-9-5-3-6-10-16/h3,5-6,9-11,15,19H,2,4,7-8,12-14H2,1H3. The van der Waals surface area contributed by atoms with Gasteiger partial charge in [-0.1, -0.05) is 44.4 Å². The Morgan fingerprint density at radius 1 is 1.14 bits per heavy atom. The summed E-state index contributed by atoms with van der Waals surface area (Å²) in [7, 11) is 0. The molecule has 0 amide bonds. The number of nitrogens with one attached hydrogen (secondary N) is 1. The predicted octanol–water partition coefficient (Wildman–Crippen LogP) is 4.03. The summed E-state index contributed by atoms with van der Waals surface area (Å²) in [6, 6.07) is 12.7. The van der Waals surface area contributed by atoms with Crippen LogP contribution in [0.5, 0.6) is 0 Å². The van der Waals surface area contributed by atoms with Gasteiger partial charge >= 0.3 is 0 Å². The third-order valence-corrected chi connectivity index (χ3v) is 4.55. The molecule has 2 aromatic rings. The highest BCUT2D eigenvalue weighted by molar-refractivity contribution is 5.34. The van der Waals surface area contributed by atoms with Gasteiger partial charge in [0.1, 0.15) is 0 Å². The van der Waals surface area contributed by atoms with Gasteiger partial charge in [-0.2, -0.15) is 5.10 Å². The minimum absolute atomic E-state index is 0.0809. The van der Waals surface area contributed by atoms with Crippen molar-refractivity contribution in [2.75, 3.05) is 6.54 Å². The minimum atomic E-state index is 0.0809. The summed E-state index contributed by atoms with van der Waals surface area (Å²) in [4.78, 5) is 0. The maximum absolute atomic E-state index is 4.60. The molecule has 1 aliphatic heterocycles. The molecule has 1 fully saturated rings. The average Bonchev–Trinajstić information content (AvgIpc) is 2.90. The van der Waals surface area contributed by atoms with Crippen LogP contribution in [0.4, 0.5) is 0 Å². The second-order valence-corrected chi connectivity index (χ2v) is 6.03. The lowest BCUT2D eigenvalue weighted by atomic mass is 9.85. The molecule has 2 heterocycles. The molecule has 21 heavy (non-hydrogen) atoms. The van der Waals surface area contributed by atoms with Crippen molar-refractivity contribution in [1.29, 1.82) is 0 Å². The van der Waals surface area contributed by atoms with E-state index in [0.29, 0.717) is 0 Å². The third kappa shape index (κ3) is 2.88. The molecule has 3 heteroatoms. The van der Waals surface area contributed by atoms with Crippen LogP contribution in [0, 0.1) is 0 Å². The third-order valence-electron chi connectivity index (χ3n) is 4.55. The van der Waals surface area contributed by atoms with Crippen molar-refractivity contribution in [1.82, 2.24) is 15.1 Å². The molecule has 1 N–H and O–H groups in total. The van der Waals surface area contributed by atoms with Gasteiger partial charge in [0.05, 0.1) is 16.9 Å². The lowest BCUT2D eigenvalue weighted by Gasteiger charge is -2.34. The highest BCUT2D eigenvalue weighted by Crippen LogP contribution is 2.35. The van der Waals surface area contributed by atoms with Crippen LogP contribution in [0.25, 0.3) is 5.69 Å². The van der Waals surface area contributed by atoms with Gasteiger partial charge in [-0.25, -0.2) is 4.68 Å². The van der Waals surface area contributed by atoms with Crippen molar-refractivity contribution in [3.8, 4) is 5.69 Å². The van der Waals surface area contributed by atoms with Crippen LogP contribution < -0.4 is 5.32 Å². The molecule has 112 valence electrons. The number of aromatic nitrogens is 2. The van der Waals surface area contributed by atoms with Gasteiger partial charge in [0.25, 0.3) is 0 Å². The molecule has 1 aromatic heterocycles. The summed E-state index contributed by atoms with van der Waals surface area (Å²) in [6.07, 6.45) is 9.42. The molecule has 1 aromatic carbocycles. The van der Waals surface area contributed by atoms with Gasteiger partial charge in [0.15, 0.2) is 0 Å². The Labute approximate surface area is 127 Å². The van der Waals surface area contributed by atoms with Crippen molar-refractivity contribution in [2.45, 2.75) is 51.0 Å². The van der Waals surface area contributed by atoms with Crippen molar-refractivity contribution >= 4 is 0 Å². The largest absolute Gasteiger partial charge is 0.306 e. The fourth-order valence-corrected chi connectivity index (χ4v) is 3.57. The van der Waals surface area contributed by atoms with Gasteiger partial charge in [-0.15, -0.1) is 0 Å². The fraction of sp³-hybridized carbons (Fsp3) is 0.500. The highest BCUT2D eigenvalue weighted by Gasteiger charge is 2.34. The van der Waals surface area contributed by atoms with Crippen molar-refractivity contribution in [2.24, 2.45) is 0 Å². The zero-order valence-corrected chi connectivity index (χ0v) is 12.9. The summed E-state index contributed by atoms with van der Waals surface area (Å²) < 4.78 is 2.12. The molecule has 0 spiro atoms. The SMILES string of the molecule is CCCC1(c2ccnn2-c2ccccc2)CCCCCN1. The number of para-hydroxylation sites is 1. The molecule has 1 unspecified atom stereocenters. The molecule has 1 aliphatic rings. The van der Waals surface area contributed by atoms with Crippen LogP contribution in [0.3, 0.4) is 0 Å². The summed E-state index contributed by atoms with van der Waals surface area (Å²) >= 11 is 0. The van der Waals surface area contributed by atoms with Gasteiger partial charge in [-0.3, -0.25) is 0 Å². The Hall–Kier alpha value is -1.61. The lowest BCUT2D eigenvalue weighted by Crippen LogP contribution is -2.43. The Morgan fingerprint density at radius 3 is 2.81 bits per heavy atom. The summed E-state index contributed by atoms with van der Waals surface area (Å²) in [5.41, 5.74) is 2.55. The van der Waals surface area contributed by atoms with Crippen LogP contribution in [0.2, 0.25) is 0 Å². The smallest absolute Gasteiger partial charge is 0.0649 e. The highest BCUT2D eigenvalue weighted by atomic mass is 15.3. The number of hydrogen-bond donors (Lipinski definition) is 1. The van der Waals surface area contributed by atoms with E-state index in [0.717, 1.165) is 12.2 Å². The first-order valence-electron chi connectivity index (χ1n) is 8.21. The molecular formula is C18H25N3. The van der Waals surface area contributed by atoms with Crippen LogP contribution in [0.15, 0.2) is 42.6 Å². The average molecular weight is 283 g/mol. The monoisotopic (exact) mass is 283 g/mol. The Morgan fingerprint density at radius 2 is 2.00 bits per heavy atom. The van der Waals surface area contributed by atoms with E-state index < -0.39 is 0 Å². The first-order chi connectivity index (χ1) is 10.4. The van der Waals surface area contributed by atoms with E-state index in [1.54, 1.807) is 0 Å². The second-order valence-electron chi connectivity index (χ2n) is 6.03. The zero-order valence-electron chi connectivity index (χ0n) is 12.9. The maximum atomic E-state index is 4.60. The van der Waals surface area contributed by atoms with E-state index in [-0.39, 0.29) is 5.54 Å². The van der Waals surface area contributed by atoms with Crippen LogP contribution >= 0.6 is 0 Å². The fourth-order valence-electron chi connectivity index (χ4n) is 3.57. The van der Waals surface area contributed by atoms with E-state index in [9.17, 15) is 0 Å². The molecule has 0 radical (unpaired) electrons. The molecule has 0 aliphatic carbocycles. The predicted molar refractivity (Wildman–Crippen MR) is 86.6 cm³/mol. The topological polar surface area (TPSA) is 29.9 Å². The Balaban J connectivity index is 2.02. The van der Waals surface area contributed by atoms with Crippen LogP contribution in [0.1, 0.15) is 51.1 Å². The van der Waals surface area contributed by atoms with Crippen molar-refractivity contribution in [3.05, 3.63) is 48.3 Å². The minimum Gasteiger partial charge on any atom is -0.306 e. The number of rotatable bonds is 4. The van der Waals surface area contributed by atoms with Gasteiger partial charge in [0.2, 0.25) is 0 Å². The molecule has 3 rings (SSSR count). The zero-order chi connectivity index (χ0) is 14.5. The van der Waals surface area contributed by atoms with Crippen LogP contribution in [-0.2, 0) is 5.54 Å². The van der Waals surface area contributed by atoms with Crippen molar-refractivity contribution < 1.29 is 0 Å². The van der Waals surface area contributed by atoms with E-state index in [4.69, 9.17) is 0 Å². The molecule has 3 nitrogen and oxygen atoms in total. The second kappa shape index (κ2) is 6.44. The summed E-state index contributed by atoms with van der Waals surface area (Å²) in [6.45, 7) is 3.39. The Bertz CT molecular complexity index is 551. The van der Waals surface area contributed by atoms with E-state index in [2.05, 4.69) is 58.4 Å². The van der Waals surface area contributed by atoms with Gasteiger partial charge in [-0.05, 0) is 44.0 Å². The Kier molecular flexibility index (Phi) is 4.39. The van der Waals surface area contributed by atoms with E-state index in [1.807, 2.05) is 6.20 Å². The maximum Gasteiger partial charge on any atom is 0.0649 e. The molecule has 1 atom stereocenters. The lowest BCUT2D eigenvalue weighted by molar-refractivity contribution is 0.282. The first-order valence-corrected chi connectivity index (χ1v) is 8.21. The molecule has 1 saturated heterocycles. The number of benzene rings is 1. The first kappa shape index (κ1) is 14.3. The van der Waals surface area contributed by atoms with Crippen LogP contribution in [-0.4, -0.2) is 16.3 Å².